The summed E-state index contributed by atoms with van der Waals surface area (Å²) in [5.41, 5.74) is 1.48. The van der Waals surface area contributed by atoms with Crippen molar-refractivity contribution in [2.75, 3.05) is 11.9 Å². The summed E-state index contributed by atoms with van der Waals surface area (Å²) in [4.78, 5) is 12.1. The van der Waals surface area contributed by atoms with Gasteiger partial charge in [0.25, 0.3) is 0 Å². The molecule has 3 N–H and O–H groups in total. The largest absolute Gasteiger partial charge is 0.394 e. The first-order valence-corrected chi connectivity index (χ1v) is 7.37. The fraction of sp³-hybridized carbons (Fsp3) is 0.562. The van der Waals surface area contributed by atoms with E-state index >= 15 is 0 Å². The minimum Gasteiger partial charge on any atom is -0.394 e. The smallest absolute Gasteiger partial charge is 0.319 e. The van der Waals surface area contributed by atoms with E-state index in [4.69, 9.17) is 0 Å². The summed E-state index contributed by atoms with van der Waals surface area (Å²) < 4.78 is 0. The van der Waals surface area contributed by atoms with E-state index in [9.17, 15) is 9.90 Å². The van der Waals surface area contributed by atoms with Gasteiger partial charge in [-0.15, -0.1) is 0 Å². The average molecular weight is 276 g/mol. The van der Waals surface area contributed by atoms with E-state index < -0.39 is 5.54 Å². The Morgan fingerprint density at radius 3 is 2.70 bits per heavy atom. The van der Waals surface area contributed by atoms with E-state index in [-0.39, 0.29) is 12.6 Å². The highest BCUT2D eigenvalue weighted by molar-refractivity contribution is 5.90. The number of para-hydroxylation sites is 1. The third kappa shape index (κ3) is 3.51. The van der Waals surface area contributed by atoms with Crippen molar-refractivity contribution in [1.29, 1.82) is 0 Å². The second-order valence-electron chi connectivity index (χ2n) is 5.84. The lowest BCUT2D eigenvalue weighted by Gasteiger charge is -2.29. The van der Waals surface area contributed by atoms with Gasteiger partial charge in [-0.3, -0.25) is 0 Å². The van der Waals surface area contributed by atoms with Gasteiger partial charge < -0.3 is 15.7 Å². The van der Waals surface area contributed by atoms with E-state index in [1.165, 1.54) is 0 Å². The standard InChI is InChI=1S/C16H24N2O2/c1-3-6-12-7-4-5-8-14(12)17-15(20)18-16(2,11-19)13-9-10-13/h4-5,7-8,13,19H,3,6,9-11H2,1-2H3,(H2,17,18,20). The monoisotopic (exact) mass is 276 g/mol. The molecule has 1 saturated carbocycles. The summed E-state index contributed by atoms with van der Waals surface area (Å²) in [5.74, 6) is 0.393. The first-order chi connectivity index (χ1) is 9.59. The fourth-order valence-electron chi connectivity index (χ4n) is 2.53. The van der Waals surface area contributed by atoms with E-state index in [0.717, 1.165) is 36.9 Å². The van der Waals surface area contributed by atoms with Gasteiger partial charge in [-0.2, -0.15) is 0 Å². The number of rotatable bonds is 6. The van der Waals surface area contributed by atoms with Crippen LogP contribution in [0.1, 0.15) is 38.7 Å². The van der Waals surface area contributed by atoms with Crippen molar-refractivity contribution in [2.45, 2.75) is 45.1 Å². The van der Waals surface area contributed by atoms with Gasteiger partial charge in [-0.1, -0.05) is 31.5 Å². The predicted molar refractivity (Wildman–Crippen MR) is 80.8 cm³/mol. The predicted octanol–water partition coefficient (Wildman–Crippen LogP) is 2.92. The lowest BCUT2D eigenvalue weighted by Crippen LogP contribution is -2.52. The third-order valence-corrected chi connectivity index (χ3v) is 3.99. The van der Waals surface area contributed by atoms with Crippen LogP contribution in [0.15, 0.2) is 24.3 Å². The Labute approximate surface area is 120 Å². The van der Waals surface area contributed by atoms with Gasteiger partial charge in [0.2, 0.25) is 0 Å². The quantitative estimate of drug-likeness (QED) is 0.748. The van der Waals surface area contributed by atoms with Crippen molar-refractivity contribution in [3.05, 3.63) is 29.8 Å². The normalized spacial score (nSPS) is 17.4. The van der Waals surface area contributed by atoms with Crippen molar-refractivity contribution in [2.24, 2.45) is 5.92 Å². The number of aliphatic hydroxyl groups excluding tert-OH is 1. The molecular weight excluding hydrogens is 252 g/mol. The molecule has 20 heavy (non-hydrogen) atoms. The number of anilines is 1. The maximum absolute atomic E-state index is 12.1. The van der Waals surface area contributed by atoms with Gasteiger partial charge >= 0.3 is 6.03 Å². The van der Waals surface area contributed by atoms with Gasteiger partial charge in [0.1, 0.15) is 0 Å². The first kappa shape index (κ1) is 14.9. The molecule has 0 spiro atoms. The Hall–Kier alpha value is -1.55. The van der Waals surface area contributed by atoms with Gasteiger partial charge in [-0.25, -0.2) is 4.79 Å². The zero-order chi connectivity index (χ0) is 14.6. The van der Waals surface area contributed by atoms with Gasteiger partial charge in [0.15, 0.2) is 0 Å². The number of aryl methyl sites for hydroxylation is 1. The lowest BCUT2D eigenvalue weighted by atomic mass is 9.97. The maximum Gasteiger partial charge on any atom is 0.319 e. The molecule has 4 heteroatoms. The second kappa shape index (κ2) is 6.27. The van der Waals surface area contributed by atoms with Crippen LogP contribution in [-0.2, 0) is 6.42 Å². The Morgan fingerprint density at radius 2 is 2.10 bits per heavy atom. The molecule has 4 nitrogen and oxygen atoms in total. The van der Waals surface area contributed by atoms with Gasteiger partial charge in [0.05, 0.1) is 12.1 Å². The van der Waals surface area contributed by atoms with Crippen LogP contribution < -0.4 is 10.6 Å². The summed E-state index contributed by atoms with van der Waals surface area (Å²) in [6.07, 6.45) is 4.13. The highest BCUT2D eigenvalue weighted by atomic mass is 16.3. The Bertz CT molecular complexity index is 471. The number of carbonyl (C=O) groups is 1. The minimum atomic E-state index is -0.510. The molecule has 2 amide bonds. The highest BCUT2D eigenvalue weighted by Gasteiger charge is 2.42. The Morgan fingerprint density at radius 1 is 1.40 bits per heavy atom. The number of aliphatic hydroxyl groups is 1. The number of carbonyl (C=O) groups excluding carboxylic acids is 1. The number of benzene rings is 1. The maximum atomic E-state index is 12.1. The third-order valence-electron chi connectivity index (χ3n) is 3.99. The molecule has 0 aliphatic heterocycles. The van der Waals surface area contributed by atoms with Crippen LogP contribution in [0.25, 0.3) is 0 Å². The molecule has 1 unspecified atom stereocenters. The molecule has 1 atom stereocenters. The van der Waals surface area contributed by atoms with Gasteiger partial charge in [0, 0.05) is 5.69 Å². The molecule has 110 valence electrons. The van der Waals surface area contributed by atoms with Crippen LogP contribution in [0.3, 0.4) is 0 Å². The topological polar surface area (TPSA) is 61.4 Å². The van der Waals surface area contributed by atoms with Crippen LogP contribution in [0.2, 0.25) is 0 Å². The summed E-state index contributed by atoms with van der Waals surface area (Å²) in [5, 5.41) is 15.3. The van der Waals surface area contributed by atoms with Crippen LogP contribution >= 0.6 is 0 Å². The summed E-state index contributed by atoms with van der Waals surface area (Å²) in [7, 11) is 0. The highest BCUT2D eigenvalue weighted by Crippen LogP contribution is 2.39. The minimum absolute atomic E-state index is 0.0261. The molecule has 1 fully saturated rings. The molecule has 0 saturated heterocycles. The van der Waals surface area contributed by atoms with Crippen LogP contribution in [0, 0.1) is 5.92 Å². The zero-order valence-electron chi connectivity index (χ0n) is 12.3. The van der Waals surface area contributed by atoms with E-state index in [0.29, 0.717) is 5.92 Å². The van der Waals surface area contributed by atoms with Crippen LogP contribution in [0.4, 0.5) is 10.5 Å². The molecule has 1 aliphatic carbocycles. The number of hydrogen-bond acceptors (Lipinski definition) is 2. The van der Waals surface area contributed by atoms with Crippen LogP contribution in [-0.4, -0.2) is 23.3 Å². The Kier molecular flexibility index (Phi) is 4.65. The fourth-order valence-corrected chi connectivity index (χ4v) is 2.53. The van der Waals surface area contributed by atoms with Crippen molar-refractivity contribution in [3.63, 3.8) is 0 Å². The first-order valence-electron chi connectivity index (χ1n) is 7.37. The van der Waals surface area contributed by atoms with E-state index in [1.807, 2.05) is 31.2 Å². The Balaban J connectivity index is 2.00. The zero-order valence-corrected chi connectivity index (χ0v) is 12.3. The van der Waals surface area contributed by atoms with Crippen molar-refractivity contribution >= 4 is 11.7 Å². The summed E-state index contributed by atoms with van der Waals surface area (Å²) in [6.45, 7) is 4.00. The van der Waals surface area contributed by atoms with Crippen molar-refractivity contribution in [3.8, 4) is 0 Å². The lowest BCUT2D eigenvalue weighted by molar-refractivity contribution is 0.159. The molecule has 1 aromatic carbocycles. The molecule has 0 bridgehead atoms. The molecule has 1 aliphatic rings. The molecule has 1 aromatic rings. The van der Waals surface area contributed by atoms with E-state index in [1.54, 1.807) is 0 Å². The molecular formula is C16H24N2O2. The summed E-state index contributed by atoms with van der Waals surface area (Å²) in [6, 6.07) is 7.61. The molecule has 0 heterocycles. The molecule has 0 aromatic heterocycles. The number of urea groups is 1. The van der Waals surface area contributed by atoms with Crippen molar-refractivity contribution in [1.82, 2.24) is 5.32 Å². The molecule has 0 radical (unpaired) electrons. The average Bonchev–Trinajstić information content (AvgIpc) is 3.26. The number of amides is 2. The summed E-state index contributed by atoms with van der Waals surface area (Å²) >= 11 is 0. The SMILES string of the molecule is CCCc1ccccc1NC(=O)NC(C)(CO)C1CC1. The van der Waals surface area contributed by atoms with E-state index in [2.05, 4.69) is 17.6 Å². The van der Waals surface area contributed by atoms with Crippen LogP contribution in [0.5, 0.6) is 0 Å². The second-order valence-corrected chi connectivity index (χ2v) is 5.84. The van der Waals surface area contributed by atoms with Crippen molar-refractivity contribution < 1.29 is 9.90 Å². The number of nitrogens with one attached hydrogen (secondary N) is 2. The van der Waals surface area contributed by atoms with Gasteiger partial charge in [-0.05, 0) is 43.7 Å². The number of hydrogen-bond donors (Lipinski definition) is 3. The molecule has 2 rings (SSSR count).